The van der Waals surface area contributed by atoms with Gasteiger partial charge in [0.25, 0.3) is 11.5 Å². The highest BCUT2D eigenvalue weighted by molar-refractivity contribution is 7.99. The molecule has 28 heavy (non-hydrogen) atoms. The maximum atomic E-state index is 12.4. The van der Waals surface area contributed by atoms with Gasteiger partial charge in [0.05, 0.1) is 7.11 Å². The second kappa shape index (κ2) is 8.62. The molecule has 1 heterocycles. The molecule has 0 radical (unpaired) electrons. The van der Waals surface area contributed by atoms with E-state index in [0.29, 0.717) is 16.5 Å². The van der Waals surface area contributed by atoms with Crippen LogP contribution in [0.25, 0.3) is 0 Å². The molecule has 0 spiro atoms. The summed E-state index contributed by atoms with van der Waals surface area (Å²) < 4.78 is 5.06. The van der Waals surface area contributed by atoms with Crippen molar-refractivity contribution in [3.63, 3.8) is 0 Å². The Labute approximate surface area is 166 Å². The van der Waals surface area contributed by atoms with Crippen molar-refractivity contribution < 1.29 is 9.53 Å². The number of aromatic nitrogens is 2. The molecule has 0 fully saturated rings. The summed E-state index contributed by atoms with van der Waals surface area (Å²) in [5.41, 5.74) is 6.83. The standard InChI is InChI=1S/C20H20N4O3S/c1-12(13-6-4-3-5-7-13)28-20-23-17(21)16(19(26)24-20)22-18(25)14-8-10-15(27-2)11-9-14/h3-12H,1-2H3,(H,22,25)(H3,21,23,24,26)/t12-/m0/s1. The Morgan fingerprint density at radius 2 is 1.86 bits per heavy atom. The van der Waals surface area contributed by atoms with E-state index in [9.17, 15) is 9.59 Å². The van der Waals surface area contributed by atoms with Gasteiger partial charge in [-0.2, -0.15) is 0 Å². The van der Waals surface area contributed by atoms with Gasteiger partial charge in [0.1, 0.15) is 11.4 Å². The maximum absolute atomic E-state index is 12.4. The summed E-state index contributed by atoms with van der Waals surface area (Å²) in [7, 11) is 1.54. The second-order valence-electron chi connectivity index (χ2n) is 5.98. The molecule has 7 nitrogen and oxygen atoms in total. The van der Waals surface area contributed by atoms with Gasteiger partial charge in [-0.05, 0) is 36.8 Å². The first-order valence-electron chi connectivity index (χ1n) is 8.54. The summed E-state index contributed by atoms with van der Waals surface area (Å²) in [6.07, 6.45) is 0. The molecule has 144 valence electrons. The Morgan fingerprint density at radius 3 is 2.46 bits per heavy atom. The molecule has 2 aromatic carbocycles. The third kappa shape index (κ3) is 4.52. The van der Waals surface area contributed by atoms with E-state index in [2.05, 4.69) is 15.3 Å². The molecule has 8 heteroatoms. The number of nitrogens with one attached hydrogen (secondary N) is 2. The predicted octanol–water partition coefficient (Wildman–Crippen LogP) is 3.47. The number of H-pyrrole nitrogens is 1. The summed E-state index contributed by atoms with van der Waals surface area (Å²) in [5, 5.41) is 2.99. The number of benzene rings is 2. The van der Waals surface area contributed by atoms with Crippen LogP contribution >= 0.6 is 11.8 Å². The highest BCUT2D eigenvalue weighted by atomic mass is 32.2. The largest absolute Gasteiger partial charge is 0.497 e. The zero-order valence-corrected chi connectivity index (χ0v) is 16.2. The van der Waals surface area contributed by atoms with Crippen molar-refractivity contribution in [2.24, 2.45) is 0 Å². The van der Waals surface area contributed by atoms with Gasteiger partial charge in [-0.1, -0.05) is 42.1 Å². The van der Waals surface area contributed by atoms with Crippen LogP contribution in [-0.2, 0) is 0 Å². The number of ether oxygens (including phenoxy) is 1. The first-order chi connectivity index (χ1) is 13.5. The van der Waals surface area contributed by atoms with Gasteiger partial charge >= 0.3 is 0 Å². The molecule has 0 bridgehead atoms. The van der Waals surface area contributed by atoms with Crippen LogP contribution in [0.3, 0.4) is 0 Å². The van der Waals surface area contributed by atoms with E-state index < -0.39 is 11.5 Å². The molecule has 1 atom stereocenters. The summed E-state index contributed by atoms with van der Waals surface area (Å²) in [6.45, 7) is 2.01. The lowest BCUT2D eigenvalue weighted by Crippen LogP contribution is -2.23. The minimum Gasteiger partial charge on any atom is -0.497 e. The van der Waals surface area contributed by atoms with E-state index in [1.54, 1.807) is 31.4 Å². The summed E-state index contributed by atoms with van der Waals surface area (Å²) in [5.74, 6) is 0.137. The fraction of sp³-hybridized carbons (Fsp3) is 0.150. The first-order valence-corrected chi connectivity index (χ1v) is 9.42. The minimum absolute atomic E-state index is 0.0339. The molecule has 1 amide bonds. The number of amides is 1. The fourth-order valence-electron chi connectivity index (χ4n) is 2.53. The number of aromatic amines is 1. The molecule has 0 saturated heterocycles. The van der Waals surface area contributed by atoms with E-state index in [-0.39, 0.29) is 16.8 Å². The van der Waals surface area contributed by atoms with Crippen molar-refractivity contribution in [3.8, 4) is 5.75 Å². The smallest absolute Gasteiger partial charge is 0.277 e. The van der Waals surface area contributed by atoms with Crippen molar-refractivity contribution >= 4 is 29.2 Å². The summed E-state index contributed by atoms with van der Waals surface area (Å²) >= 11 is 1.38. The van der Waals surface area contributed by atoms with Crippen molar-refractivity contribution in [2.75, 3.05) is 18.2 Å². The topological polar surface area (TPSA) is 110 Å². The van der Waals surface area contributed by atoms with E-state index in [1.165, 1.54) is 11.8 Å². The third-order valence-corrected chi connectivity index (χ3v) is 5.12. The van der Waals surface area contributed by atoms with E-state index in [1.807, 2.05) is 37.3 Å². The van der Waals surface area contributed by atoms with Crippen molar-refractivity contribution in [1.82, 2.24) is 9.97 Å². The summed E-state index contributed by atoms with van der Waals surface area (Å²) in [4.78, 5) is 31.7. The number of hydrogen-bond donors (Lipinski definition) is 3. The van der Waals surface area contributed by atoms with Gasteiger partial charge in [0, 0.05) is 10.8 Å². The minimum atomic E-state index is -0.503. The van der Waals surface area contributed by atoms with E-state index >= 15 is 0 Å². The van der Waals surface area contributed by atoms with Gasteiger partial charge in [-0.25, -0.2) is 4.98 Å². The number of thioether (sulfide) groups is 1. The van der Waals surface area contributed by atoms with Crippen LogP contribution in [-0.4, -0.2) is 23.0 Å². The number of carbonyl (C=O) groups excluding carboxylic acids is 1. The van der Waals surface area contributed by atoms with E-state index in [4.69, 9.17) is 10.5 Å². The molecular formula is C20H20N4O3S. The molecule has 0 unspecified atom stereocenters. The Kier molecular flexibility index (Phi) is 6.00. The number of carbonyl (C=O) groups is 1. The highest BCUT2D eigenvalue weighted by Gasteiger charge is 2.16. The van der Waals surface area contributed by atoms with Crippen molar-refractivity contribution in [1.29, 1.82) is 0 Å². The number of nitrogen functional groups attached to an aromatic ring is 1. The maximum Gasteiger partial charge on any atom is 0.277 e. The Hall–Kier alpha value is -3.26. The number of methoxy groups -OCH3 is 1. The highest BCUT2D eigenvalue weighted by Crippen LogP contribution is 2.32. The van der Waals surface area contributed by atoms with Gasteiger partial charge < -0.3 is 15.8 Å². The monoisotopic (exact) mass is 396 g/mol. The predicted molar refractivity (Wildman–Crippen MR) is 111 cm³/mol. The first kappa shape index (κ1) is 19.5. The molecule has 3 rings (SSSR count). The average molecular weight is 396 g/mol. The quantitative estimate of drug-likeness (QED) is 0.435. The lowest BCUT2D eigenvalue weighted by atomic mass is 10.2. The number of rotatable bonds is 6. The number of anilines is 2. The number of hydrogen-bond acceptors (Lipinski definition) is 6. The number of nitrogens with two attached hydrogens (primary N) is 1. The Bertz CT molecular complexity index is 1020. The lowest BCUT2D eigenvalue weighted by Gasteiger charge is -2.12. The molecule has 0 saturated carbocycles. The fourth-order valence-corrected chi connectivity index (χ4v) is 3.46. The summed E-state index contributed by atoms with van der Waals surface area (Å²) in [6, 6.07) is 16.4. The van der Waals surface area contributed by atoms with Crippen LogP contribution in [0.4, 0.5) is 11.5 Å². The molecular weight excluding hydrogens is 376 g/mol. The van der Waals surface area contributed by atoms with Gasteiger partial charge in [0.2, 0.25) is 0 Å². The Balaban J connectivity index is 1.76. The molecule has 0 aliphatic heterocycles. The van der Waals surface area contributed by atoms with Crippen LogP contribution in [0.2, 0.25) is 0 Å². The zero-order valence-electron chi connectivity index (χ0n) is 15.4. The number of nitrogens with zero attached hydrogens (tertiary/aromatic N) is 1. The molecule has 3 aromatic rings. The molecule has 1 aromatic heterocycles. The van der Waals surface area contributed by atoms with Gasteiger partial charge in [-0.15, -0.1) is 0 Å². The third-order valence-electron chi connectivity index (χ3n) is 4.07. The van der Waals surface area contributed by atoms with E-state index in [0.717, 1.165) is 5.56 Å². The molecule has 0 aliphatic carbocycles. The van der Waals surface area contributed by atoms with Crippen LogP contribution < -0.4 is 21.3 Å². The average Bonchev–Trinajstić information content (AvgIpc) is 2.71. The molecule has 4 N–H and O–H groups in total. The zero-order chi connectivity index (χ0) is 20.1. The normalized spacial score (nSPS) is 11.6. The lowest BCUT2D eigenvalue weighted by molar-refractivity contribution is 0.102. The Morgan fingerprint density at radius 1 is 1.18 bits per heavy atom. The van der Waals surface area contributed by atoms with Crippen LogP contribution in [0.5, 0.6) is 5.75 Å². The SMILES string of the molecule is COc1ccc(C(=O)Nc2c(N)nc(S[C@@H](C)c3ccccc3)[nH]c2=O)cc1. The van der Waals surface area contributed by atoms with Crippen molar-refractivity contribution in [2.45, 2.75) is 17.3 Å². The van der Waals surface area contributed by atoms with Crippen molar-refractivity contribution in [3.05, 3.63) is 76.1 Å². The second-order valence-corrected chi connectivity index (χ2v) is 7.31. The van der Waals surface area contributed by atoms with Gasteiger partial charge in [-0.3, -0.25) is 14.6 Å². The van der Waals surface area contributed by atoms with Crippen LogP contribution in [0, 0.1) is 0 Å². The van der Waals surface area contributed by atoms with Gasteiger partial charge in [0.15, 0.2) is 11.0 Å². The molecule has 0 aliphatic rings. The van der Waals surface area contributed by atoms with Crippen LogP contribution in [0.1, 0.15) is 28.1 Å². The van der Waals surface area contributed by atoms with Crippen LogP contribution in [0.15, 0.2) is 64.5 Å².